The summed E-state index contributed by atoms with van der Waals surface area (Å²) in [5, 5.41) is 24.3. The maximum atomic E-state index is 12.9. The third kappa shape index (κ3) is 4.32. The standard InChI is InChI=1S/C28H42NO7.BrH/c1-25-9-6-21-22(28(25,34)12-8-20(25)18-13-23(31)35-16-18)7-11-27(33)14-19(5-10-26(21,27)17-30)36-24(32)15-29(2,3)4;/h13,17,19-22,33-34H,5-12,14-16H2,1-4H3;1H/q+1;/p-1. The van der Waals surface area contributed by atoms with Crippen molar-refractivity contribution in [2.45, 2.75) is 82.0 Å². The SMILES string of the molecule is CC12CCC3C(CCC4(O)CC(OC(=O)C[N+](C)(C)C)CCC34C=O)C1(O)CCC2C1=CC(=O)OC1.[Br-]. The maximum Gasteiger partial charge on any atom is 0.362 e. The molecule has 37 heavy (non-hydrogen) atoms. The molecule has 9 heteroatoms. The van der Waals surface area contributed by atoms with Gasteiger partial charge in [-0.05, 0) is 74.7 Å². The van der Waals surface area contributed by atoms with Crippen molar-refractivity contribution in [1.82, 2.24) is 0 Å². The lowest BCUT2D eigenvalue weighted by atomic mass is 9.41. The maximum absolute atomic E-state index is 12.9. The van der Waals surface area contributed by atoms with E-state index in [1.807, 2.05) is 21.1 Å². The molecule has 0 aromatic carbocycles. The highest BCUT2D eigenvalue weighted by molar-refractivity contribution is 5.85. The highest BCUT2D eigenvalue weighted by atomic mass is 79.9. The lowest BCUT2D eigenvalue weighted by molar-refractivity contribution is -0.862. The molecule has 4 aliphatic carbocycles. The van der Waals surface area contributed by atoms with Crippen molar-refractivity contribution in [1.29, 1.82) is 0 Å². The molecular formula is C28H42BrNO7. The third-order valence-corrected chi connectivity index (χ3v) is 10.7. The molecule has 2 N–H and O–H groups in total. The lowest BCUT2D eigenvalue weighted by Crippen LogP contribution is -3.00. The van der Waals surface area contributed by atoms with E-state index in [1.54, 1.807) is 6.08 Å². The fourth-order valence-corrected chi connectivity index (χ4v) is 9.03. The number of nitrogens with zero attached hydrogens (tertiary/aromatic N) is 1. The van der Waals surface area contributed by atoms with E-state index < -0.39 is 28.1 Å². The Balaban J connectivity index is 0.00000320. The van der Waals surface area contributed by atoms with Crippen molar-refractivity contribution in [3.8, 4) is 0 Å². The number of aliphatic hydroxyl groups is 2. The largest absolute Gasteiger partial charge is 1.00 e. The van der Waals surface area contributed by atoms with Crippen molar-refractivity contribution in [2.24, 2.45) is 28.6 Å². The van der Waals surface area contributed by atoms with E-state index in [-0.39, 0.29) is 59.6 Å². The van der Waals surface area contributed by atoms with Crippen LogP contribution in [0.1, 0.15) is 64.7 Å². The minimum absolute atomic E-state index is 0. The van der Waals surface area contributed by atoms with Gasteiger partial charge >= 0.3 is 11.9 Å². The van der Waals surface area contributed by atoms with E-state index in [1.165, 1.54) is 0 Å². The smallest absolute Gasteiger partial charge is 0.362 e. The van der Waals surface area contributed by atoms with E-state index in [2.05, 4.69) is 6.92 Å². The summed E-state index contributed by atoms with van der Waals surface area (Å²) in [7, 11) is 5.78. The first-order chi connectivity index (χ1) is 16.8. The van der Waals surface area contributed by atoms with Gasteiger partial charge in [0.2, 0.25) is 0 Å². The summed E-state index contributed by atoms with van der Waals surface area (Å²) in [5.74, 6) is -0.725. The van der Waals surface area contributed by atoms with Gasteiger partial charge in [0, 0.05) is 17.9 Å². The summed E-state index contributed by atoms with van der Waals surface area (Å²) in [6.45, 7) is 2.69. The number of cyclic esters (lactones) is 1. The number of quaternary nitrogens is 1. The van der Waals surface area contributed by atoms with Crippen LogP contribution in [0, 0.1) is 28.6 Å². The van der Waals surface area contributed by atoms with Crippen LogP contribution in [0.2, 0.25) is 0 Å². The van der Waals surface area contributed by atoms with Crippen LogP contribution in [-0.2, 0) is 23.9 Å². The Morgan fingerprint density at radius 1 is 1.11 bits per heavy atom. The number of likely N-dealkylation sites (N-methyl/N-ethyl adjacent to an activating group) is 1. The zero-order valence-electron chi connectivity index (χ0n) is 22.5. The van der Waals surface area contributed by atoms with Crippen LogP contribution in [0.15, 0.2) is 11.6 Å². The summed E-state index contributed by atoms with van der Waals surface area (Å²) in [5.41, 5.74) is -2.57. The number of rotatable bonds is 5. The Morgan fingerprint density at radius 2 is 1.81 bits per heavy atom. The summed E-state index contributed by atoms with van der Waals surface area (Å²) in [4.78, 5) is 37.1. The Labute approximate surface area is 230 Å². The highest BCUT2D eigenvalue weighted by Gasteiger charge is 2.71. The number of hydrogen-bond donors (Lipinski definition) is 2. The van der Waals surface area contributed by atoms with Crippen LogP contribution in [0.3, 0.4) is 0 Å². The van der Waals surface area contributed by atoms with Crippen molar-refractivity contribution in [3.05, 3.63) is 11.6 Å². The molecule has 208 valence electrons. The molecule has 1 heterocycles. The van der Waals surface area contributed by atoms with E-state index in [4.69, 9.17) is 9.47 Å². The summed E-state index contributed by atoms with van der Waals surface area (Å²) in [6.07, 6.45) is 7.36. The number of esters is 2. The van der Waals surface area contributed by atoms with Crippen molar-refractivity contribution < 1.29 is 55.5 Å². The monoisotopic (exact) mass is 583 g/mol. The number of carbonyl (C=O) groups excluding carboxylic acids is 3. The molecule has 0 spiro atoms. The predicted octanol–water partition coefficient (Wildman–Crippen LogP) is -0.841. The highest BCUT2D eigenvalue weighted by Crippen LogP contribution is 2.70. The number of halogens is 1. The Hall–Kier alpha value is -1.29. The summed E-state index contributed by atoms with van der Waals surface area (Å²) < 4.78 is 11.4. The third-order valence-electron chi connectivity index (χ3n) is 10.7. The molecule has 5 aliphatic rings. The average Bonchev–Trinajstić information content (AvgIpc) is 3.31. The topological polar surface area (TPSA) is 110 Å². The molecule has 8 atom stereocenters. The van der Waals surface area contributed by atoms with E-state index in [0.29, 0.717) is 43.2 Å². The van der Waals surface area contributed by atoms with Gasteiger partial charge in [-0.25, -0.2) is 9.59 Å². The average molecular weight is 585 g/mol. The first-order valence-corrected chi connectivity index (χ1v) is 13.6. The Bertz CT molecular complexity index is 994. The van der Waals surface area contributed by atoms with Crippen LogP contribution in [0.25, 0.3) is 0 Å². The molecule has 0 saturated heterocycles. The minimum atomic E-state index is -1.24. The lowest BCUT2D eigenvalue weighted by Gasteiger charge is -2.65. The molecule has 4 saturated carbocycles. The summed E-state index contributed by atoms with van der Waals surface area (Å²) in [6, 6.07) is 0. The second-order valence-corrected chi connectivity index (χ2v) is 13.5. The Kier molecular flexibility index (Phi) is 7.31. The van der Waals surface area contributed by atoms with Gasteiger partial charge in [-0.2, -0.15) is 0 Å². The van der Waals surface area contributed by atoms with E-state index in [9.17, 15) is 24.6 Å². The first kappa shape index (κ1) is 28.7. The molecule has 1 aliphatic heterocycles. The zero-order chi connectivity index (χ0) is 26.1. The van der Waals surface area contributed by atoms with Crippen molar-refractivity contribution in [2.75, 3.05) is 34.3 Å². The van der Waals surface area contributed by atoms with Gasteiger partial charge in [-0.3, -0.25) is 0 Å². The number of aldehydes is 1. The zero-order valence-corrected chi connectivity index (χ0v) is 24.1. The van der Waals surface area contributed by atoms with Crippen LogP contribution in [-0.4, -0.2) is 84.5 Å². The molecule has 5 rings (SSSR count). The number of carbonyl (C=O) groups is 3. The first-order valence-electron chi connectivity index (χ1n) is 13.6. The van der Waals surface area contributed by atoms with Gasteiger partial charge in [0.15, 0.2) is 6.54 Å². The molecule has 0 amide bonds. The molecule has 0 bridgehead atoms. The Morgan fingerprint density at radius 3 is 2.43 bits per heavy atom. The predicted molar refractivity (Wildman–Crippen MR) is 130 cm³/mol. The second kappa shape index (κ2) is 9.42. The quantitative estimate of drug-likeness (QED) is 0.247. The molecule has 4 fully saturated rings. The number of hydrogen-bond acceptors (Lipinski definition) is 7. The second-order valence-electron chi connectivity index (χ2n) is 13.5. The van der Waals surface area contributed by atoms with Crippen molar-refractivity contribution in [3.63, 3.8) is 0 Å². The van der Waals surface area contributed by atoms with Gasteiger partial charge < -0.3 is 45.9 Å². The molecule has 0 radical (unpaired) electrons. The fourth-order valence-electron chi connectivity index (χ4n) is 9.03. The van der Waals surface area contributed by atoms with Gasteiger partial charge in [-0.1, -0.05) is 6.92 Å². The summed E-state index contributed by atoms with van der Waals surface area (Å²) >= 11 is 0. The van der Waals surface area contributed by atoms with Crippen LogP contribution in [0.5, 0.6) is 0 Å². The fraction of sp³-hybridized carbons (Fsp3) is 0.821. The van der Waals surface area contributed by atoms with E-state index in [0.717, 1.165) is 31.1 Å². The van der Waals surface area contributed by atoms with Gasteiger partial charge in [-0.15, -0.1) is 0 Å². The normalized spacial score (nSPS) is 44.9. The van der Waals surface area contributed by atoms with E-state index >= 15 is 0 Å². The van der Waals surface area contributed by atoms with Crippen LogP contribution in [0.4, 0.5) is 0 Å². The van der Waals surface area contributed by atoms with Gasteiger partial charge in [0.1, 0.15) is 19.0 Å². The molecule has 8 nitrogen and oxygen atoms in total. The molecular weight excluding hydrogens is 542 g/mol. The van der Waals surface area contributed by atoms with Gasteiger partial charge in [0.05, 0.1) is 37.8 Å². The number of ether oxygens (including phenoxy) is 2. The van der Waals surface area contributed by atoms with Crippen molar-refractivity contribution >= 4 is 18.2 Å². The molecule has 0 aromatic rings. The minimum Gasteiger partial charge on any atom is -1.00 e. The van der Waals surface area contributed by atoms with Crippen LogP contribution < -0.4 is 17.0 Å². The van der Waals surface area contributed by atoms with Gasteiger partial charge in [0.25, 0.3) is 0 Å². The molecule has 8 unspecified atom stereocenters. The van der Waals surface area contributed by atoms with Crippen LogP contribution >= 0.6 is 0 Å². The number of fused-ring (bicyclic) bond motifs is 5. The molecule has 0 aromatic heterocycles.